The van der Waals surface area contributed by atoms with E-state index in [9.17, 15) is 4.39 Å². The second kappa shape index (κ2) is 4.94. The van der Waals surface area contributed by atoms with E-state index < -0.39 is 0 Å². The first-order valence-corrected chi connectivity index (χ1v) is 6.36. The van der Waals surface area contributed by atoms with E-state index >= 15 is 0 Å². The van der Waals surface area contributed by atoms with Crippen molar-refractivity contribution in [2.24, 2.45) is 0 Å². The van der Waals surface area contributed by atoms with Crippen LogP contribution in [-0.2, 0) is 6.54 Å². The van der Waals surface area contributed by atoms with Crippen LogP contribution in [0.4, 0.5) is 10.1 Å². The van der Waals surface area contributed by atoms with Crippen molar-refractivity contribution in [3.05, 3.63) is 65.1 Å². The molecule has 4 heteroatoms. The van der Waals surface area contributed by atoms with Gasteiger partial charge in [-0.2, -0.15) is 0 Å². The number of anilines is 1. The number of hydrogen-bond donors (Lipinski definition) is 2. The van der Waals surface area contributed by atoms with Crippen LogP contribution in [0.5, 0.6) is 0 Å². The molecule has 0 saturated carbocycles. The Balaban J connectivity index is 1.84. The minimum atomic E-state index is -0.257. The van der Waals surface area contributed by atoms with Crippen molar-refractivity contribution in [3.63, 3.8) is 0 Å². The van der Waals surface area contributed by atoms with Gasteiger partial charge in [0.05, 0.1) is 17.3 Å². The zero-order valence-corrected chi connectivity index (χ0v) is 10.8. The van der Waals surface area contributed by atoms with E-state index in [4.69, 9.17) is 11.6 Å². The number of H-pyrrole nitrogens is 1. The van der Waals surface area contributed by atoms with Gasteiger partial charge in [-0.15, -0.1) is 0 Å². The molecule has 2 aromatic carbocycles. The van der Waals surface area contributed by atoms with E-state index in [1.807, 2.05) is 30.3 Å². The Bertz CT molecular complexity index is 721. The molecule has 3 aromatic rings. The van der Waals surface area contributed by atoms with E-state index in [1.54, 1.807) is 6.07 Å². The van der Waals surface area contributed by atoms with Crippen molar-refractivity contribution in [1.29, 1.82) is 0 Å². The van der Waals surface area contributed by atoms with Crippen LogP contribution in [-0.4, -0.2) is 4.98 Å². The Morgan fingerprint density at radius 3 is 2.74 bits per heavy atom. The maximum atomic E-state index is 13.1. The summed E-state index contributed by atoms with van der Waals surface area (Å²) >= 11 is 6.31. The summed E-state index contributed by atoms with van der Waals surface area (Å²) in [4.78, 5) is 3.26. The van der Waals surface area contributed by atoms with E-state index in [1.165, 1.54) is 12.1 Å². The Labute approximate surface area is 115 Å². The first-order chi connectivity index (χ1) is 9.24. The number of aromatic nitrogens is 1. The standard InChI is InChI=1S/C15H12ClFN2/c16-15-12-6-1-2-7-13(12)19-14(15)9-18-11-5-3-4-10(17)8-11/h1-8,18-19H,9H2. The molecule has 0 radical (unpaired) electrons. The maximum absolute atomic E-state index is 13.1. The van der Waals surface area contributed by atoms with Gasteiger partial charge in [0.15, 0.2) is 0 Å². The number of hydrogen-bond acceptors (Lipinski definition) is 1. The number of benzene rings is 2. The van der Waals surface area contributed by atoms with Crippen LogP contribution in [0.15, 0.2) is 48.5 Å². The van der Waals surface area contributed by atoms with Gasteiger partial charge in [0.1, 0.15) is 5.82 Å². The molecule has 0 spiro atoms. The van der Waals surface area contributed by atoms with Gasteiger partial charge in [0.2, 0.25) is 0 Å². The third-order valence-corrected chi connectivity index (χ3v) is 3.44. The van der Waals surface area contributed by atoms with Crippen molar-refractivity contribution in [1.82, 2.24) is 4.98 Å². The molecule has 0 aliphatic heterocycles. The van der Waals surface area contributed by atoms with Gasteiger partial charge in [-0.1, -0.05) is 35.9 Å². The molecule has 2 nitrogen and oxygen atoms in total. The average molecular weight is 275 g/mol. The lowest BCUT2D eigenvalue weighted by Crippen LogP contribution is -2.00. The van der Waals surface area contributed by atoms with Crippen LogP contribution in [0.2, 0.25) is 5.02 Å². The molecule has 96 valence electrons. The number of nitrogens with one attached hydrogen (secondary N) is 2. The maximum Gasteiger partial charge on any atom is 0.125 e. The highest BCUT2D eigenvalue weighted by Crippen LogP contribution is 2.27. The second-order valence-corrected chi connectivity index (χ2v) is 4.70. The van der Waals surface area contributed by atoms with Crippen molar-refractivity contribution < 1.29 is 4.39 Å². The summed E-state index contributed by atoms with van der Waals surface area (Å²) in [6.45, 7) is 0.525. The largest absolute Gasteiger partial charge is 0.379 e. The third-order valence-electron chi connectivity index (χ3n) is 3.01. The Morgan fingerprint density at radius 2 is 1.95 bits per heavy atom. The second-order valence-electron chi connectivity index (χ2n) is 4.33. The first kappa shape index (κ1) is 12.1. The van der Waals surface area contributed by atoms with Gasteiger partial charge in [0, 0.05) is 16.6 Å². The molecule has 0 amide bonds. The number of aromatic amines is 1. The van der Waals surface area contributed by atoms with E-state index in [0.717, 1.165) is 22.3 Å². The highest BCUT2D eigenvalue weighted by atomic mass is 35.5. The number of para-hydroxylation sites is 1. The number of fused-ring (bicyclic) bond motifs is 1. The lowest BCUT2D eigenvalue weighted by atomic mass is 10.2. The zero-order valence-electron chi connectivity index (χ0n) is 10.1. The molecule has 0 saturated heterocycles. The zero-order chi connectivity index (χ0) is 13.2. The van der Waals surface area contributed by atoms with E-state index in [2.05, 4.69) is 10.3 Å². The van der Waals surface area contributed by atoms with Gasteiger partial charge in [-0.05, 0) is 24.3 Å². The summed E-state index contributed by atoms with van der Waals surface area (Å²) in [6.07, 6.45) is 0. The summed E-state index contributed by atoms with van der Waals surface area (Å²) in [5.74, 6) is -0.257. The van der Waals surface area contributed by atoms with Crippen molar-refractivity contribution in [2.45, 2.75) is 6.54 Å². The van der Waals surface area contributed by atoms with Crippen LogP contribution in [0.3, 0.4) is 0 Å². The molecular formula is C15H12ClFN2. The van der Waals surface area contributed by atoms with Gasteiger partial charge in [0.25, 0.3) is 0 Å². The molecule has 1 aromatic heterocycles. The van der Waals surface area contributed by atoms with Crippen LogP contribution >= 0.6 is 11.6 Å². The average Bonchev–Trinajstić information content (AvgIpc) is 2.74. The fourth-order valence-corrected chi connectivity index (χ4v) is 2.35. The quantitative estimate of drug-likeness (QED) is 0.719. The molecule has 0 aliphatic rings. The van der Waals surface area contributed by atoms with Crippen LogP contribution in [0.1, 0.15) is 5.69 Å². The van der Waals surface area contributed by atoms with Crippen LogP contribution < -0.4 is 5.32 Å². The molecule has 3 rings (SSSR count). The number of rotatable bonds is 3. The highest BCUT2D eigenvalue weighted by Gasteiger charge is 2.08. The molecule has 0 bridgehead atoms. The van der Waals surface area contributed by atoms with Crippen LogP contribution in [0.25, 0.3) is 10.9 Å². The van der Waals surface area contributed by atoms with Gasteiger partial charge >= 0.3 is 0 Å². The van der Waals surface area contributed by atoms with Crippen molar-refractivity contribution in [2.75, 3.05) is 5.32 Å². The molecule has 0 aliphatic carbocycles. The third kappa shape index (κ3) is 2.42. The Morgan fingerprint density at radius 1 is 1.11 bits per heavy atom. The summed E-state index contributed by atoms with van der Waals surface area (Å²) in [7, 11) is 0. The molecular weight excluding hydrogens is 263 g/mol. The SMILES string of the molecule is Fc1cccc(NCc2[nH]c3ccccc3c2Cl)c1. The lowest BCUT2D eigenvalue weighted by Gasteiger charge is -2.05. The molecule has 0 unspecified atom stereocenters. The predicted octanol–water partition coefficient (Wildman–Crippen LogP) is 4.57. The van der Waals surface area contributed by atoms with Gasteiger partial charge in [-0.3, -0.25) is 0 Å². The van der Waals surface area contributed by atoms with Crippen LogP contribution in [0, 0.1) is 5.82 Å². The Hall–Kier alpha value is -2.00. The Kier molecular flexibility index (Phi) is 3.13. The molecule has 0 fully saturated rings. The number of halogens is 2. The van der Waals surface area contributed by atoms with E-state index in [-0.39, 0.29) is 5.82 Å². The lowest BCUT2D eigenvalue weighted by molar-refractivity contribution is 0.628. The highest BCUT2D eigenvalue weighted by molar-refractivity contribution is 6.36. The molecule has 1 heterocycles. The fraction of sp³-hybridized carbons (Fsp3) is 0.0667. The predicted molar refractivity (Wildman–Crippen MR) is 77.0 cm³/mol. The summed E-state index contributed by atoms with van der Waals surface area (Å²) < 4.78 is 13.1. The summed E-state index contributed by atoms with van der Waals surface area (Å²) in [5.41, 5.74) is 2.63. The molecule has 19 heavy (non-hydrogen) atoms. The summed E-state index contributed by atoms with van der Waals surface area (Å²) in [6, 6.07) is 14.2. The van der Waals surface area contributed by atoms with Gasteiger partial charge < -0.3 is 10.3 Å². The van der Waals surface area contributed by atoms with Crippen molar-refractivity contribution in [3.8, 4) is 0 Å². The molecule has 2 N–H and O–H groups in total. The monoisotopic (exact) mass is 274 g/mol. The molecule has 0 atom stereocenters. The minimum Gasteiger partial charge on any atom is -0.379 e. The van der Waals surface area contributed by atoms with Gasteiger partial charge in [-0.25, -0.2) is 4.39 Å². The van der Waals surface area contributed by atoms with Crippen molar-refractivity contribution >= 4 is 28.2 Å². The topological polar surface area (TPSA) is 27.8 Å². The van der Waals surface area contributed by atoms with E-state index in [0.29, 0.717) is 11.6 Å². The minimum absolute atomic E-state index is 0.257. The first-order valence-electron chi connectivity index (χ1n) is 5.98. The fourth-order valence-electron chi connectivity index (χ4n) is 2.07. The summed E-state index contributed by atoms with van der Waals surface area (Å²) in [5, 5.41) is 4.86. The smallest absolute Gasteiger partial charge is 0.125 e. The normalized spacial score (nSPS) is 10.8.